The number of urea groups is 1. The minimum absolute atomic E-state index is 0.0183. The lowest BCUT2D eigenvalue weighted by Gasteiger charge is -2.31. The summed E-state index contributed by atoms with van der Waals surface area (Å²) >= 11 is 0. The lowest BCUT2D eigenvalue weighted by Crippen LogP contribution is -2.49. The van der Waals surface area contributed by atoms with E-state index in [1.54, 1.807) is 0 Å². The molecule has 0 aromatic carbocycles. The fraction of sp³-hybridized carbons (Fsp3) is 0.800. The molecule has 1 atom stereocenters. The SMILES string of the molecule is CC(C)CNC(=O)NC(=O)CN1CCCC(C(=O)NCCN)C1. The van der Waals surface area contributed by atoms with Gasteiger partial charge in [0.15, 0.2) is 0 Å². The lowest BCUT2D eigenvalue weighted by atomic mass is 9.97. The van der Waals surface area contributed by atoms with Crippen LogP contribution < -0.4 is 21.7 Å². The molecule has 0 aromatic rings. The summed E-state index contributed by atoms with van der Waals surface area (Å²) < 4.78 is 0. The Hall–Kier alpha value is -1.67. The Morgan fingerprint density at radius 1 is 1.26 bits per heavy atom. The van der Waals surface area contributed by atoms with Crippen molar-refractivity contribution in [3.63, 3.8) is 0 Å². The van der Waals surface area contributed by atoms with Gasteiger partial charge in [-0.25, -0.2) is 4.79 Å². The van der Waals surface area contributed by atoms with Crippen molar-refractivity contribution in [1.29, 1.82) is 0 Å². The first kappa shape index (κ1) is 19.4. The monoisotopic (exact) mass is 327 g/mol. The van der Waals surface area contributed by atoms with Crippen molar-refractivity contribution in [2.45, 2.75) is 26.7 Å². The summed E-state index contributed by atoms with van der Waals surface area (Å²) in [7, 11) is 0. The van der Waals surface area contributed by atoms with E-state index in [-0.39, 0.29) is 24.3 Å². The van der Waals surface area contributed by atoms with E-state index in [1.165, 1.54) is 0 Å². The molecule has 1 saturated heterocycles. The second-order valence-corrected chi connectivity index (χ2v) is 6.31. The molecule has 8 heteroatoms. The van der Waals surface area contributed by atoms with Gasteiger partial charge >= 0.3 is 6.03 Å². The summed E-state index contributed by atoms with van der Waals surface area (Å²) in [5, 5.41) is 7.73. The highest BCUT2D eigenvalue weighted by Crippen LogP contribution is 2.16. The van der Waals surface area contributed by atoms with Crippen LogP contribution in [0.15, 0.2) is 0 Å². The largest absolute Gasteiger partial charge is 0.355 e. The Morgan fingerprint density at radius 2 is 2.00 bits per heavy atom. The molecule has 1 heterocycles. The van der Waals surface area contributed by atoms with Crippen LogP contribution in [-0.2, 0) is 9.59 Å². The number of nitrogens with zero attached hydrogens (tertiary/aromatic N) is 1. The van der Waals surface area contributed by atoms with Crippen LogP contribution in [0.3, 0.4) is 0 Å². The fourth-order valence-corrected chi connectivity index (χ4v) is 2.46. The molecule has 0 radical (unpaired) electrons. The predicted octanol–water partition coefficient (Wildman–Crippen LogP) is -0.745. The van der Waals surface area contributed by atoms with Crippen LogP contribution >= 0.6 is 0 Å². The maximum absolute atomic E-state index is 12.0. The van der Waals surface area contributed by atoms with E-state index >= 15 is 0 Å². The molecule has 0 saturated carbocycles. The van der Waals surface area contributed by atoms with Crippen LogP contribution in [0.4, 0.5) is 4.79 Å². The van der Waals surface area contributed by atoms with Crippen LogP contribution in [0.2, 0.25) is 0 Å². The summed E-state index contributed by atoms with van der Waals surface area (Å²) in [6, 6.07) is -0.474. The minimum atomic E-state index is -0.474. The average Bonchev–Trinajstić information content (AvgIpc) is 2.50. The molecule has 0 bridgehead atoms. The molecular formula is C15H29N5O3. The van der Waals surface area contributed by atoms with Gasteiger partial charge in [0.2, 0.25) is 11.8 Å². The van der Waals surface area contributed by atoms with Crippen LogP contribution in [0.25, 0.3) is 0 Å². The Bertz CT molecular complexity index is 414. The minimum Gasteiger partial charge on any atom is -0.355 e. The van der Waals surface area contributed by atoms with Crippen molar-refractivity contribution < 1.29 is 14.4 Å². The Labute approximate surface area is 137 Å². The maximum atomic E-state index is 12.0. The highest BCUT2D eigenvalue weighted by atomic mass is 16.2. The van der Waals surface area contributed by atoms with Gasteiger partial charge in [0.05, 0.1) is 12.5 Å². The van der Waals surface area contributed by atoms with Crippen molar-refractivity contribution in [3.8, 4) is 0 Å². The number of hydrogen-bond donors (Lipinski definition) is 4. The zero-order valence-electron chi connectivity index (χ0n) is 14.1. The lowest BCUT2D eigenvalue weighted by molar-refractivity contribution is -0.128. The van der Waals surface area contributed by atoms with E-state index in [1.807, 2.05) is 18.7 Å². The van der Waals surface area contributed by atoms with Gasteiger partial charge in [0.25, 0.3) is 0 Å². The standard InChI is InChI=1S/C15H29N5O3/c1-11(2)8-18-15(23)19-13(21)10-20-7-3-4-12(9-20)14(22)17-6-5-16/h11-12H,3-10,16H2,1-2H3,(H,17,22)(H2,18,19,21,23). The third-order valence-corrected chi connectivity index (χ3v) is 3.61. The zero-order valence-corrected chi connectivity index (χ0v) is 14.1. The quantitative estimate of drug-likeness (QED) is 0.491. The molecule has 0 spiro atoms. The van der Waals surface area contributed by atoms with Crippen LogP contribution in [0.1, 0.15) is 26.7 Å². The number of imide groups is 1. The first-order valence-corrected chi connectivity index (χ1v) is 8.20. The zero-order chi connectivity index (χ0) is 17.2. The normalized spacial score (nSPS) is 18.5. The summed E-state index contributed by atoms with van der Waals surface area (Å²) in [6.45, 7) is 6.75. The van der Waals surface area contributed by atoms with Crippen LogP contribution in [0.5, 0.6) is 0 Å². The molecule has 0 aromatic heterocycles. The van der Waals surface area contributed by atoms with E-state index in [4.69, 9.17) is 5.73 Å². The molecule has 1 aliphatic heterocycles. The van der Waals surface area contributed by atoms with Crippen molar-refractivity contribution in [1.82, 2.24) is 20.9 Å². The Kier molecular flexibility index (Phi) is 8.57. The van der Waals surface area contributed by atoms with Gasteiger partial charge in [-0.15, -0.1) is 0 Å². The second kappa shape index (κ2) is 10.2. The Morgan fingerprint density at radius 3 is 2.65 bits per heavy atom. The van der Waals surface area contributed by atoms with Crippen molar-refractivity contribution in [3.05, 3.63) is 0 Å². The fourth-order valence-electron chi connectivity index (χ4n) is 2.46. The van der Waals surface area contributed by atoms with Crippen LogP contribution in [0, 0.1) is 11.8 Å². The third-order valence-electron chi connectivity index (χ3n) is 3.61. The van der Waals surface area contributed by atoms with E-state index in [9.17, 15) is 14.4 Å². The van der Waals surface area contributed by atoms with Gasteiger partial charge in [0, 0.05) is 26.2 Å². The van der Waals surface area contributed by atoms with E-state index in [0.717, 1.165) is 19.4 Å². The van der Waals surface area contributed by atoms with Gasteiger partial charge in [-0.3, -0.25) is 19.8 Å². The molecule has 1 unspecified atom stereocenters. The molecule has 132 valence electrons. The number of piperidine rings is 1. The molecule has 1 aliphatic rings. The first-order valence-electron chi connectivity index (χ1n) is 8.20. The van der Waals surface area contributed by atoms with E-state index < -0.39 is 6.03 Å². The van der Waals surface area contributed by atoms with Crippen molar-refractivity contribution >= 4 is 17.8 Å². The van der Waals surface area contributed by atoms with Gasteiger partial charge in [0.1, 0.15) is 0 Å². The summed E-state index contributed by atoms with van der Waals surface area (Å²) in [4.78, 5) is 37.3. The number of rotatable bonds is 7. The van der Waals surface area contributed by atoms with Crippen LogP contribution in [-0.4, -0.2) is 62.0 Å². The number of carbonyl (C=O) groups is 3. The average molecular weight is 327 g/mol. The molecule has 23 heavy (non-hydrogen) atoms. The Balaban J connectivity index is 2.34. The molecule has 1 rings (SSSR count). The summed E-state index contributed by atoms with van der Waals surface area (Å²) in [6.07, 6.45) is 1.66. The van der Waals surface area contributed by atoms with E-state index in [0.29, 0.717) is 32.1 Å². The third kappa shape index (κ3) is 7.94. The topological polar surface area (TPSA) is 117 Å². The number of likely N-dealkylation sites (tertiary alicyclic amines) is 1. The molecule has 0 aliphatic carbocycles. The molecule has 1 fully saturated rings. The second-order valence-electron chi connectivity index (χ2n) is 6.31. The number of amides is 4. The summed E-state index contributed by atoms with van der Waals surface area (Å²) in [5.74, 6) is -0.173. The highest BCUT2D eigenvalue weighted by Gasteiger charge is 2.26. The van der Waals surface area contributed by atoms with Crippen molar-refractivity contribution in [2.24, 2.45) is 17.6 Å². The van der Waals surface area contributed by atoms with Gasteiger partial charge in [-0.2, -0.15) is 0 Å². The highest BCUT2D eigenvalue weighted by molar-refractivity contribution is 5.95. The number of carbonyl (C=O) groups excluding carboxylic acids is 3. The number of nitrogens with two attached hydrogens (primary N) is 1. The first-order chi connectivity index (χ1) is 10.9. The van der Waals surface area contributed by atoms with Gasteiger partial charge in [-0.1, -0.05) is 13.8 Å². The van der Waals surface area contributed by atoms with E-state index in [2.05, 4.69) is 16.0 Å². The molecule has 4 amide bonds. The summed E-state index contributed by atoms with van der Waals surface area (Å²) in [5.41, 5.74) is 5.37. The molecule has 5 N–H and O–H groups in total. The maximum Gasteiger partial charge on any atom is 0.321 e. The van der Waals surface area contributed by atoms with Gasteiger partial charge in [-0.05, 0) is 25.3 Å². The number of nitrogens with one attached hydrogen (secondary N) is 3. The van der Waals surface area contributed by atoms with Crippen molar-refractivity contribution in [2.75, 3.05) is 39.3 Å². The molecular weight excluding hydrogens is 298 g/mol. The molecule has 8 nitrogen and oxygen atoms in total. The predicted molar refractivity (Wildman–Crippen MR) is 87.6 cm³/mol. The number of hydrogen-bond acceptors (Lipinski definition) is 5. The van der Waals surface area contributed by atoms with Gasteiger partial charge < -0.3 is 16.4 Å². The smallest absolute Gasteiger partial charge is 0.321 e.